The number of hydrogen-bond donors (Lipinski definition) is 2. The molecule has 1 aromatic carbocycles. The Morgan fingerprint density at radius 1 is 1.44 bits per heavy atom. The molecule has 1 fully saturated rings. The Hall–Kier alpha value is -1.65. The van der Waals surface area contributed by atoms with Crippen molar-refractivity contribution in [1.29, 1.82) is 0 Å². The third kappa shape index (κ3) is 3.25. The van der Waals surface area contributed by atoms with Crippen molar-refractivity contribution in [1.82, 2.24) is 9.99 Å². The topological polar surface area (TPSA) is 49.3 Å². The van der Waals surface area contributed by atoms with Crippen LogP contribution in [0.2, 0.25) is 0 Å². The van der Waals surface area contributed by atoms with Gasteiger partial charge in [-0.15, -0.1) is 9.24 Å². The number of anilines is 1. The van der Waals surface area contributed by atoms with E-state index in [0.717, 1.165) is 37.9 Å². The van der Waals surface area contributed by atoms with Crippen molar-refractivity contribution >= 4 is 31.1 Å². The number of hydrogen-bond acceptors (Lipinski definition) is 4. The molecule has 0 radical (unpaired) electrons. The van der Waals surface area contributed by atoms with Crippen LogP contribution in [0.5, 0.6) is 0 Å². The average molecular weight is 364 g/mol. The minimum atomic E-state index is -0.335. The summed E-state index contributed by atoms with van der Waals surface area (Å²) in [6, 6.07) is 1.79. The van der Waals surface area contributed by atoms with Crippen LogP contribution in [-0.4, -0.2) is 37.9 Å². The molecule has 0 spiro atoms. The molecule has 1 aromatic heterocycles. The Morgan fingerprint density at radius 2 is 2.20 bits per heavy atom. The molecule has 2 aromatic rings. The maximum absolute atomic E-state index is 15.4. The first-order chi connectivity index (χ1) is 12.0. The SMILES string of the molecule is CCNCC1CCN(c2c(P)cc3c(=O)c(C)cn(NC)c3c2F)C1. The Balaban J connectivity index is 2.08. The van der Waals surface area contributed by atoms with E-state index in [1.54, 1.807) is 30.9 Å². The Morgan fingerprint density at radius 3 is 2.88 bits per heavy atom. The minimum Gasteiger partial charge on any atom is -0.368 e. The van der Waals surface area contributed by atoms with Gasteiger partial charge in [-0.3, -0.25) is 9.47 Å². The van der Waals surface area contributed by atoms with Crippen LogP contribution in [0.15, 0.2) is 17.1 Å². The van der Waals surface area contributed by atoms with Gasteiger partial charge in [0.15, 0.2) is 11.2 Å². The van der Waals surface area contributed by atoms with E-state index in [1.165, 1.54) is 0 Å². The van der Waals surface area contributed by atoms with Gasteiger partial charge < -0.3 is 15.6 Å². The number of benzene rings is 1. The van der Waals surface area contributed by atoms with Gasteiger partial charge in [0, 0.05) is 31.9 Å². The van der Waals surface area contributed by atoms with Gasteiger partial charge in [0.25, 0.3) is 0 Å². The number of pyridine rings is 1. The summed E-state index contributed by atoms with van der Waals surface area (Å²) in [5.41, 5.74) is 4.32. The van der Waals surface area contributed by atoms with Crippen LogP contribution < -0.4 is 26.4 Å². The lowest BCUT2D eigenvalue weighted by molar-refractivity contribution is 0.527. The normalized spacial score (nSPS) is 17.5. The summed E-state index contributed by atoms with van der Waals surface area (Å²) in [6.45, 7) is 7.39. The van der Waals surface area contributed by atoms with E-state index in [2.05, 4.69) is 31.8 Å². The number of nitrogens with one attached hydrogen (secondary N) is 2. The fraction of sp³-hybridized carbons (Fsp3) is 0.500. The lowest BCUT2D eigenvalue weighted by atomic mass is 10.1. The monoisotopic (exact) mass is 364 g/mol. The first-order valence-electron chi connectivity index (χ1n) is 8.75. The molecule has 2 N–H and O–H groups in total. The molecule has 3 rings (SSSR count). The van der Waals surface area contributed by atoms with Crippen LogP contribution >= 0.6 is 9.24 Å². The first-order valence-corrected chi connectivity index (χ1v) is 9.33. The minimum absolute atomic E-state index is 0.123. The van der Waals surface area contributed by atoms with Crippen molar-refractivity contribution in [2.24, 2.45) is 5.92 Å². The molecule has 0 saturated carbocycles. The van der Waals surface area contributed by atoms with Crippen LogP contribution in [0.1, 0.15) is 18.9 Å². The van der Waals surface area contributed by atoms with Gasteiger partial charge >= 0.3 is 0 Å². The summed E-state index contributed by atoms with van der Waals surface area (Å²) >= 11 is 0. The summed E-state index contributed by atoms with van der Waals surface area (Å²) in [4.78, 5) is 14.6. The highest BCUT2D eigenvalue weighted by Gasteiger charge is 2.27. The van der Waals surface area contributed by atoms with E-state index in [9.17, 15) is 4.79 Å². The molecule has 2 atom stereocenters. The molecular weight excluding hydrogens is 338 g/mol. The molecule has 7 heteroatoms. The lowest BCUT2D eigenvalue weighted by Gasteiger charge is -2.24. The lowest BCUT2D eigenvalue weighted by Crippen LogP contribution is -2.29. The zero-order valence-corrected chi connectivity index (χ0v) is 16.2. The van der Waals surface area contributed by atoms with Crippen molar-refractivity contribution in [3.05, 3.63) is 33.9 Å². The molecule has 2 unspecified atom stereocenters. The van der Waals surface area contributed by atoms with Crippen LogP contribution in [0.4, 0.5) is 10.1 Å². The summed E-state index contributed by atoms with van der Waals surface area (Å²) in [5, 5.41) is 4.51. The zero-order valence-electron chi connectivity index (χ0n) is 15.0. The van der Waals surface area contributed by atoms with Gasteiger partial charge in [-0.2, -0.15) is 0 Å². The second-order valence-corrected chi connectivity index (χ2v) is 7.29. The van der Waals surface area contributed by atoms with Gasteiger partial charge in [0.1, 0.15) is 5.52 Å². The highest BCUT2D eigenvalue weighted by Crippen LogP contribution is 2.30. The predicted molar refractivity (Wildman–Crippen MR) is 106 cm³/mol. The standard InChI is InChI=1S/C18H26FN4OP/c1-4-21-8-12-5-6-22(10-12)17-14(25)7-13-16(15(17)19)23(20-3)9-11(2)18(13)24/h7,9,12,20-21H,4-6,8,10,25H2,1-3H3. The highest BCUT2D eigenvalue weighted by molar-refractivity contribution is 7.28. The fourth-order valence-electron chi connectivity index (χ4n) is 3.64. The number of halogens is 1. The number of aryl methyl sites for hydroxylation is 1. The van der Waals surface area contributed by atoms with Crippen molar-refractivity contribution < 1.29 is 4.39 Å². The van der Waals surface area contributed by atoms with Crippen molar-refractivity contribution in [3.8, 4) is 0 Å². The summed E-state index contributed by atoms with van der Waals surface area (Å²) in [5.74, 6) is 0.182. The van der Waals surface area contributed by atoms with Crippen LogP contribution in [0, 0.1) is 18.7 Å². The van der Waals surface area contributed by atoms with Crippen molar-refractivity contribution in [3.63, 3.8) is 0 Å². The quantitative estimate of drug-likeness (QED) is 0.791. The maximum atomic E-state index is 15.4. The van der Waals surface area contributed by atoms with Gasteiger partial charge in [-0.1, -0.05) is 6.92 Å². The average Bonchev–Trinajstić information content (AvgIpc) is 3.04. The third-order valence-electron chi connectivity index (χ3n) is 4.94. The smallest absolute Gasteiger partial charge is 0.192 e. The largest absolute Gasteiger partial charge is 0.368 e. The molecule has 5 nitrogen and oxygen atoms in total. The number of aromatic nitrogens is 1. The van der Waals surface area contributed by atoms with Gasteiger partial charge in [0.2, 0.25) is 0 Å². The molecule has 0 amide bonds. The highest BCUT2D eigenvalue weighted by atomic mass is 31.0. The Labute approximate surface area is 149 Å². The first kappa shape index (κ1) is 18.2. The molecule has 0 aliphatic carbocycles. The number of nitrogens with zero attached hydrogens (tertiary/aromatic N) is 2. The van der Waals surface area contributed by atoms with E-state index in [4.69, 9.17) is 0 Å². The number of rotatable bonds is 5. The second-order valence-electron chi connectivity index (χ2n) is 6.67. The molecular formula is C18H26FN4OP. The third-order valence-corrected chi connectivity index (χ3v) is 5.38. The molecule has 1 aliphatic heterocycles. The van der Waals surface area contributed by atoms with Crippen LogP contribution in [-0.2, 0) is 0 Å². The fourth-order valence-corrected chi connectivity index (χ4v) is 4.11. The summed E-state index contributed by atoms with van der Waals surface area (Å²) in [6.07, 6.45) is 2.69. The van der Waals surface area contributed by atoms with Crippen molar-refractivity contribution in [2.75, 3.05) is 43.6 Å². The number of fused-ring (bicyclic) bond motifs is 1. The Bertz CT molecular complexity index is 851. The second kappa shape index (κ2) is 7.30. The van der Waals surface area contributed by atoms with E-state index < -0.39 is 0 Å². The van der Waals surface area contributed by atoms with E-state index in [-0.39, 0.29) is 11.2 Å². The molecule has 1 saturated heterocycles. The van der Waals surface area contributed by atoms with E-state index >= 15 is 4.39 Å². The molecule has 136 valence electrons. The molecule has 25 heavy (non-hydrogen) atoms. The zero-order chi connectivity index (χ0) is 18.1. The molecule has 0 bridgehead atoms. The predicted octanol–water partition coefficient (Wildman–Crippen LogP) is 1.56. The molecule has 2 heterocycles. The van der Waals surface area contributed by atoms with Gasteiger partial charge in [0.05, 0.1) is 11.1 Å². The molecule has 1 aliphatic rings. The summed E-state index contributed by atoms with van der Waals surface area (Å²) < 4.78 is 17.0. The van der Waals surface area contributed by atoms with Crippen LogP contribution in [0.25, 0.3) is 10.9 Å². The van der Waals surface area contributed by atoms with Crippen LogP contribution in [0.3, 0.4) is 0 Å². The van der Waals surface area contributed by atoms with Gasteiger partial charge in [-0.25, -0.2) is 4.39 Å². The Kier molecular flexibility index (Phi) is 5.30. The van der Waals surface area contributed by atoms with E-state index in [1.807, 2.05) is 0 Å². The van der Waals surface area contributed by atoms with Crippen molar-refractivity contribution in [2.45, 2.75) is 20.3 Å². The maximum Gasteiger partial charge on any atom is 0.192 e. The van der Waals surface area contributed by atoms with Gasteiger partial charge in [-0.05, 0) is 43.7 Å². The van der Waals surface area contributed by atoms with E-state index in [0.29, 0.717) is 28.1 Å². The summed E-state index contributed by atoms with van der Waals surface area (Å²) in [7, 11) is 4.32.